The van der Waals surface area contributed by atoms with Gasteiger partial charge >= 0.3 is 0 Å². The molecule has 1 aliphatic rings. The molecule has 1 fully saturated rings. The number of hydrogen-bond donors (Lipinski definition) is 2. The van der Waals surface area contributed by atoms with Crippen molar-refractivity contribution in [2.24, 2.45) is 0 Å². The number of rotatable bonds is 8. The zero-order chi connectivity index (χ0) is 20.9. The van der Waals surface area contributed by atoms with Crippen LogP contribution in [0.4, 0.5) is 11.4 Å². The van der Waals surface area contributed by atoms with E-state index in [4.69, 9.17) is 16.3 Å². The van der Waals surface area contributed by atoms with Crippen molar-refractivity contribution >= 4 is 33.0 Å². The van der Waals surface area contributed by atoms with Gasteiger partial charge < -0.3 is 14.7 Å². The van der Waals surface area contributed by atoms with E-state index in [1.54, 1.807) is 24.3 Å². The highest BCUT2D eigenvalue weighted by Gasteiger charge is 2.19. The summed E-state index contributed by atoms with van der Waals surface area (Å²) >= 11 is 5.94. The van der Waals surface area contributed by atoms with Crippen LogP contribution in [0, 0.1) is 0 Å². The van der Waals surface area contributed by atoms with Gasteiger partial charge in [-0.3, -0.25) is 9.62 Å². The highest BCUT2D eigenvalue weighted by molar-refractivity contribution is 7.92. The monoisotopic (exact) mass is 439 g/mol. The van der Waals surface area contributed by atoms with Crippen molar-refractivity contribution in [2.75, 3.05) is 55.2 Å². The number of benzene rings is 2. The van der Waals surface area contributed by atoms with Crippen LogP contribution in [0.5, 0.6) is 5.75 Å². The number of hydrogen-bond acceptors (Lipinski definition) is 6. The molecule has 0 aliphatic carbocycles. The molecule has 2 N–H and O–H groups in total. The van der Waals surface area contributed by atoms with Gasteiger partial charge in [-0.1, -0.05) is 11.6 Å². The summed E-state index contributed by atoms with van der Waals surface area (Å²) in [6.07, 6.45) is 0.495. The minimum absolute atomic E-state index is 0.177. The van der Waals surface area contributed by atoms with Gasteiger partial charge in [-0.05, 0) is 48.5 Å². The summed E-state index contributed by atoms with van der Waals surface area (Å²) < 4.78 is 30.4. The van der Waals surface area contributed by atoms with Gasteiger partial charge in [0.1, 0.15) is 18.5 Å². The van der Waals surface area contributed by atoms with Gasteiger partial charge in [0.2, 0.25) is 10.0 Å². The fraction of sp³-hybridized carbons (Fsp3) is 0.400. The molecular formula is C20H26ClN3O4S. The Morgan fingerprint density at radius 2 is 1.69 bits per heavy atom. The van der Waals surface area contributed by atoms with Crippen molar-refractivity contribution < 1.29 is 18.3 Å². The average Bonchev–Trinajstić information content (AvgIpc) is 2.68. The zero-order valence-electron chi connectivity index (χ0n) is 16.3. The molecule has 0 unspecified atom stereocenters. The van der Waals surface area contributed by atoms with E-state index in [0.717, 1.165) is 43.1 Å². The summed E-state index contributed by atoms with van der Waals surface area (Å²) in [7, 11) is -3.30. The van der Waals surface area contributed by atoms with Crippen molar-refractivity contribution in [3.63, 3.8) is 0 Å². The number of piperazine rings is 1. The minimum Gasteiger partial charge on any atom is -0.491 e. The van der Waals surface area contributed by atoms with Crippen molar-refractivity contribution in [2.45, 2.75) is 6.10 Å². The van der Waals surface area contributed by atoms with E-state index < -0.39 is 16.1 Å². The van der Waals surface area contributed by atoms with Gasteiger partial charge in [-0.15, -0.1) is 0 Å². The number of halogens is 1. The number of aliphatic hydroxyl groups is 1. The molecule has 0 spiro atoms. The van der Waals surface area contributed by atoms with Crippen LogP contribution in [-0.2, 0) is 10.0 Å². The van der Waals surface area contributed by atoms with Gasteiger partial charge in [-0.25, -0.2) is 8.42 Å². The number of nitrogens with zero attached hydrogens (tertiary/aromatic N) is 2. The first-order valence-corrected chi connectivity index (χ1v) is 11.7. The molecule has 0 amide bonds. The topological polar surface area (TPSA) is 82.1 Å². The Kier molecular flexibility index (Phi) is 7.23. The molecule has 0 radical (unpaired) electrons. The number of ether oxygens (including phenoxy) is 1. The first-order valence-electron chi connectivity index (χ1n) is 9.40. The average molecular weight is 440 g/mol. The van der Waals surface area contributed by atoms with Crippen LogP contribution < -0.4 is 14.4 Å². The molecule has 1 aliphatic heterocycles. The second-order valence-corrected chi connectivity index (χ2v) is 9.31. The van der Waals surface area contributed by atoms with Crippen LogP contribution in [-0.4, -0.2) is 70.1 Å². The molecule has 2 aromatic rings. The molecule has 2 aromatic carbocycles. The van der Waals surface area contributed by atoms with Gasteiger partial charge in [0.15, 0.2) is 0 Å². The fourth-order valence-corrected chi connectivity index (χ4v) is 3.91. The van der Waals surface area contributed by atoms with Crippen molar-refractivity contribution in [1.29, 1.82) is 0 Å². The molecule has 0 aromatic heterocycles. The quantitative estimate of drug-likeness (QED) is 0.656. The van der Waals surface area contributed by atoms with Crippen LogP contribution in [0.25, 0.3) is 0 Å². The summed E-state index contributed by atoms with van der Waals surface area (Å²) in [6.45, 7) is 4.24. The first kappa shape index (κ1) is 21.7. The lowest BCUT2D eigenvalue weighted by Gasteiger charge is -2.36. The Balaban J connectivity index is 1.40. The summed E-state index contributed by atoms with van der Waals surface area (Å²) in [6, 6.07) is 14.4. The van der Waals surface area contributed by atoms with Crippen LogP contribution in [0.1, 0.15) is 0 Å². The standard InChI is InChI=1S/C20H26ClN3O4S/c1-29(26,27)22-17-4-8-20(9-5-17)28-15-19(25)14-23-10-12-24(13-11-23)18-6-2-16(21)3-7-18/h2-9,19,22,25H,10-15H2,1H3/t19-/m0/s1. The maximum Gasteiger partial charge on any atom is 0.229 e. The molecule has 0 saturated carbocycles. The minimum atomic E-state index is -3.30. The number of β-amino-alcohol motifs (C(OH)–C–C–N with tert-alkyl or cyclic N) is 1. The van der Waals surface area contributed by atoms with Crippen molar-refractivity contribution in [3.8, 4) is 5.75 Å². The molecular weight excluding hydrogens is 414 g/mol. The maximum absolute atomic E-state index is 11.2. The second kappa shape index (κ2) is 9.67. The first-order chi connectivity index (χ1) is 13.8. The van der Waals surface area contributed by atoms with E-state index in [9.17, 15) is 13.5 Å². The Hall–Kier alpha value is -2.00. The van der Waals surface area contributed by atoms with Crippen molar-refractivity contribution in [3.05, 3.63) is 53.6 Å². The SMILES string of the molecule is CS(=O)(=O)Nc1ccc(OC[C@@H](O)CN2CCN(c3ccc(Cl)cc3)CC2)cc1. The van der Waals surface area contributed by atoms with Gasteiger partial charge in [0, 0.05) is 49.1 Å². The smallest absolute Gasteiger partial charge is 0.229 e. The molecule has 0 bridgehead atoms. The van der Waals surface area contributed by atoms with Crippen LogP contribution >= 0.6 is 11.6 Å². The summed E-state index contributed by atoms with van der Waals surface area (Å²) in [5, 5.41) is 11.0. The third kappa shape index (κ3) is 7.08. The molecule has 7 nitrogen and oxygen atoms in total. The summed E-state index contributed by atoms with van der Waals surface area (Å²) in [5.74, 6) is 0.579. The van der Waals surface area contributed by atoms with E-state index in [-0.39, 0.29) is 6.61 Å². The maximum atomic E-state index is 11.2. The molecule has 29 heavy (non-hydrogen) atoms. The van der Waals surface area contributed by atoms with E-state index >= 15 is 0 Å². The lowest BCUT2D eigenvalue weighted by atomic mass is 10.2. The normalized spacial score (nSPS) is 16.4. The Bertz CT molecular complexity index is 883. The fourth-order valence-electron chi connectivity index (χ4n) is 3.22. The van der Waals surface area contributed by atoms with E-state index in [1.807, 2.05) is 24.3 Å². The third-order valence-corrected chi connectivity index (χ3v) is 5.49. The van der Waals surface area contributed by atoms with Gasteiger partial charge in [0.05, 0.1) is 6.26 Å². The summed E-state index contributed by atoms with van der Waals surface area (Å²) in [5.41, 5.74) is 1.63. The zero-order valence-corrected chi connectivity index (χ0v) is 17.9. The number of nitrogens with one attached hydrogen (secondary N) is 1. The highest BCUT2D eigenvalue weighted by Crippen LogP contribution is 2.20. The Morgan fingerprint density at radius 1 is 1.07 bits per heavy atom. The Labute approximate surface area is 176 Å². The van der Waals surface area contributed by atoms with Gasteiger partial charge in [0.25, 0.3) is 0 Å². The molecule has 1 heterocycles. The van der Waals surface area contributed by atoms with Crippen LogP contribution in [0.3, 0.4) is 0 Å². The number of sulfonamides is 1. The molecule has 1 atom stereocenters. The van der Waals surface area contributed by atoms with Crippen molar-refractivity contribution in [1.82, 2.24) is 4.90 Å². The third-order valence-electron chi connectivity index (χ3n) is 4.63. The summed E-state index contributed by atoms with van der Waals surface area (Å²) in [4.78, 5) is 4.53. The second-order valence-electron chi connectivity index (χ2n) is 7.13. The van der Waals surface area contributed by atoms with Gasteiger partial charge in [-0.2, -0.15) is 0 Å². The predicted molar refractivity (Wildman–Crippen MR) is 117 cm³/mol. The molecule has 1 saturated heterocycles. The predicted octanol–water partition coefficient (Wildman–Crippen LogP) is 2.27. The van der Waals surface area contributed by atoms with E-state index in [0.29, 0.717) is 18.0 Å². The van der Waals surface area contributed by atoms with E-state index in [1.165, 1.54) is 0 Å². The number of anilines is 2. The number of aliphatic hydroxyl groups excluding tert-OH is 1. The lowest BCUT2D eigenvalue weighted by molar-refractivity contribution is 0.0663. The van der Waals surface area contributed by atoms with Crippen LogP contribution in [0.15, 0.2) is 48.5 Å². The lowest BCUT2D eigenvalue weighted by Crippen LogP contribution is -2.49. The highest BCUT2D eigenvalue weighted by atomic mass is 35.5. The largest absolute Gasteiger partial charge is 0.491 e. The van der Waals surface area contributed by atoms with E-state index in [2.05, 4.69) is 14.5 Å². The molecule has 158 valence electrons. The molecule has 3 rings (SSSR count). The molecule has 9 heteroatoms. The van der Waals surface area contributed by atoms with Crippen LogP contribution in [0.2, 0.25) is 5.02 Å². The Morgan fingerprint density at radius 3 is 2.28 bits per heavy atom.